The van der Waals surface area contributed by atoms with Crippen LogP contribution >= 0.6 is 11.6 Å². The van der Waals surface area contributed by atoms with Gasteiger partial charge in [-0.25, -0.2) is 8.42 Å². The second kappa shape index (κ2) is 8.33. The Morgan fingerprint density at radius 1 is 1.16 bits per heavy atom. The highest BCUT2D eigenvalue weighted by Gasteiger charge is 2.22. The molecule has 0 spiro atoms. The molecule has 2 aromatic carbocycles. The average Bonchev–Trinajstić information content (AvgIpc) is 2.55. The van der Waals surface area contributed by atoms with Crippen LogP contribution in [0.5, 0.6) is 5.75 Å². The summed E-state index contributed by atoms with van der Waals surface area (Å²) in [6.07, 6.45) is 1.06. The molecule has 2 aromatic rings. The van der Waals surface area contributed by atoms with E-state index in [0.717, 1.165) is 10.6 Å². The smallest absolute Gasteiger partial charge is 0.239 e. The zero-order valence-electron chi connectivity index (χ0n) is 13.9. The van der Waals surface area contributed by atoms with Crippen molar-refractivity contribution in [3.63, 3.8) is 0 Å². The number of carbonyl (C=O) groups excluding carboxylic acids is 1. The van der Waals surface area contributed by atoms with E-state index in [0.29, 0.717) is 22.0 Å². The number of benzene rings is 2. The standard InChI is InChI=1S/C17H19ClN2O4S/c1-24-16-10-6-5-9-15(16)19-17(21)12-20(25(2,22)23)11-13-7-3-4-8-14(13)18/h3-10H,11-12H2,1-2H3,(H,19,21). The Kier molecular flexibility index (Phi) is 6.41. The summed E-state index contributed by atoms with van der Waals surface area (Å²) in [4.78, 5) is 12.3. The Bertz CT molecular complexity index is 855. The molecule has 0 saturated heterocycles. The van der Waals surface area contributed by atoms with Crippen molar-refractivity contribution >= 4 is 33.2 Å². The molecule has 0 aromatic heterocycles. The van der Waals surface area contributed by atoms with Crippen LogP contribution in [0.25, 0.3) is 0 Å². The number of para-hydroxylation sites is 2. The molecule has 0 saturated carbocycles. The maximum absolute atomic E-state index is 12.3. The van der Waals surface area contributed by atoms with Gasteiger partial charge in [-0.15, -0.1) is 0 Å². The molecule has 1 N–H and O–H groups in total. The summed E-state index contributed by atoms with van der Waals surface area (Å²) >= 11 is 6.09. The van der Waals surface area contributed by atoms with Crippen LogP contribution in [0.4, 0.5) is 5.69 Å². The molecule has 0 aliphatic rings. The number of nitrogens with zero attached hydrogens (tertiary/aromatic N) is 1. The van der Waals surface area contributed by atoms with Crippen molar-refractivity contribution in [1.82, 2.24) is 4.31 Å². The number of anilines is 1. The molecule has 0 fully saturated rings. The molecule has 0 heterocycles. The van der Waals surface area contributed by atoms with Gasteiger partial charge < -0.3 is 10.1 Å². The van der Waals surface area contributed by atoms with Crippen LogP contribution in [0.1, 0.15) is 5.56 Å². The summed E-state index contributed by atoms with van der Waals surface area (Å²) in [7, 11) is -2.11. The Morgan fingerprint density at radius 2 is 1.80 bits per heavy atom. The Balaban J connectivity index is 2.15. The Hall–Kier alpha value is -2.09. The van der Waals surface area contributed by atoms with E-state index < -0.39 is 15.9 Å². The molecule has 134 valence electrons. The van der Waals surface area contributed by atoms with Crippen molar-refractivity contribution in [1.29, 1.82) is 0 Å². The number of carbonyl (C=O) groups is 1. The zero-order valence-corrected chi connectivity index (χ0v) is 15.5. The maximum atomic E-state index is 12.3. The average molecular weight is 383 g/mol. The summed E-state index contributed by atoms with van der Waals surface area (Å²) < 4.78 is 30.3. The molecule has 25 heavy (non-hydrogen) atoms. The normalized spacial score (nSPS) is 11.4. The molecule has 0 aliphatic heterocycles. The van der Waals surface area contributed by atoms with Crippen LogP contribution in [0.2, 0.25) is 5.02 Å². The number of halogens is 1. The number of nitrogens with one attached hydrogen (secondary N) is 1. The lowest BCUT2D eigenvalue weighted by atomic mass is 10.2. The molecule has 1 amide bonds. The number of methoxy groups -OCH3 is 1. The highest BCUT2D eigenvalue weighted by Crippen LogP contribution is 2.23. The van der Waals surface area contributed by atoms with E-state index in [1.807, 2.05) is 0 Å². The van der Waals surface area contributed by atoms with Crippen molar-refractivity contribution < 1.29 is 17.9 Å². The van der Waals surface area contributed by atoms with Gasteiger partial charge in [0.2, 0.25) is 15.9 Å². The van der Waals surface area contributed by atoms with E-state index >= 15 is 0 Å². The first-order valence-electron chi connectivity index (χ1n) is 7.42. The number of amides is 1. The number of sulfonamides is 1. The summed E-state index contributed by atoms with van der Waals surface area (Å²) in [5, 5.41) is 3.11. The van der Waals surface area contributed by atoms with E-state index in [4.69, 9.17) is 16.3 Å². The lowest BCUT2D eigenvalue weighted by Crippen LogP contribution is -2.37. The second-order valence-corrected chi connectivity index (χ2v) is 7.76. The summed E-state index contributed by atoms with van der Waals surface area (Å²) in [5.41, 5.74) is 1.10. The number of hydrogen-bond acceptors (Lipinski definition) is 4. The second-order valence-electron chi connectivity index (χ2n) is 5.37. The number of rotatable bonds is 7. The van der Waals surface area contributed by atoms with E-state index in [1.165, 1.54) is 7.11 Å². The van der Waals surface area contributed by atoms with Gasteiger partial charge in [0, 0.05) is 11.6 Å². The van der Waals surface area contributed by atoms with Crippen molar-refractivity contribution in [2.45, 2.75) is 6.54 Å². The topological polar surface area (TPSA) is 75.7 Å². The third-order valence-electron chi connectivity index (χ3n) is 3.47. The van der Waals surface area contributed by atoms with Crippen molar-refractivity contribution in [3.05, 3.63) is 59.1 Å². The van der Waals surface area contributed by atoms with Gasteiger partial charge in [-0.3, -0.25) is 4.79 Å². The molecule has 0 radical (unpaired) electrons. The van der Waals surface area contributed by atoms with Crippen molar-refractivity contribution in [2.24, 2.45) is 0 Å². The molecular weight excluding hydrogens is 364 g/mol. The molecule has 0 atom stereocenters. The minimum Gasteiger partial charge on any atom is -0.495 e. The molecule has 0 aliphatic carbocycles. The lowest BCUT2D eigenvalue weighted by molar-refractivity contribution is -0.116. The molecule has 6 nitrogen and oxygen atoms in total. The monoisotopic (exact) mass is 382 g/mol. The fraction of sp³-hybridized carbons (Fsp3) is 0.235. The minimum atomic E-state index is -3.60. The van der Waals surface area contributed by atoms with Gasteiger partial charge in [-0.1, -0.05) is 41.9 Å². The van der Waals surface area contributed by atoms with Crippen LogP contribution in [0, 0.1) is 0 Å². The summed E-state index contributed by atoms with van der Waals surface area (Å²) in [6.45, 7) is -0.319. The maximum Gasteiger partial charge on any atom is 0.239 e. The SMILES string of the molecule is COc1ccccc1NC(=O)CN(Cc1ccccc1Cl)S(C)(=O)=O. The van der Waals surface area contributed by atoms with Gasteiger partial charge in [0.05, 0.1) is 25.6 Å². The quantitative estimate of drug-likeness (QED) is 0.798. The first kappa shape index (κ1) is 19.2. The third kappa shape index (κ3) is 5.45. The van der Waals surface area contributed by atoms with E-state index in [2.05, 4.69) is 5.32 Å². The molecule has 0 bridgehead atoms. The van der Waals surface area contributed by atoms with Crippen LogP contribution in [0.3, 0.4) is 0 Å². The fourth-order valence-electron chi connectivity index (χ4n) is 2.20. The third-order valence-corrected chi connectivity index (χ3v) is 5.04. The van der Waals surface area contributed by atoms with Gasteiger partial charge in [0.25, 0.3) is 0 Å². The van der Waals surface area contributed by atoms with Crippen molar-refractivity contribution in [2.75, 3.05) is 25.2 Å². The Morgan fingerprint density at radius 3 is 2.44 bits per heavy atom. The van der Waals surface area contributed by atoms with Crippen LogP contribution in [0.15, 0.2) is 48.5 Å². The fourth-order valence-corrected chi connectivity index (χ4v) is 3.13. The highest BCUT2D eigenvalue weighted by atomic mass is 35.5. The lowest BCUT2D eigenvalue weighted by Gasteiger charge is -2.20. The van der Waals surface area contributed by atoms with Gasteiger partial charge in [0.15, 0.2) is 0 Å². The molecular formula is C17H19ClN2O4S. The van der Waals surface area contributed by atoms with Gasteiger partial charge in [-0.2, -0.15) is 4.31 Å². The first-order chi connectivity index (χ1) is 11.8. The van der Waals surface area contributed by atoms with Gasteiger partial charge in [-0.05, 0) is 23.8 Å². The van der Waals surface area contributed by atoms with Gasteiger partial charge in [0.1, 0.15) is 5.75 Å². The van der Waals surface area contributed by atoms with E-state index in [1.54, 1.807) is 48.5 Å². The molecule has 0 unspecified atom stereocenters. The molecule has 2 rings (SSSR count). The first-order valence-corrected chi connectivity index (χ1v) is 9.65. The Labute approximate surface area is 152 Å². The van der Waals surface area contributed by atoms with E-state index in [-0.39, 0.29) is 13.1 Å². The van der Waals surface area contributed by atoms with Crippen LogP contribution < -0.4 is 10.1 Å². The number of ether oxygens (including phenoxy) is 1. The molecule has 8 heteroatoms. The highest BCUT2D eigenvalue weighted by molar-refractivity contribution is 7.88. The zero-order chi connectivity index (χ0) is 18.4. The largest absolute Gasteiger partial charge is 0.495 e. The predicted molar refractivity (Wildman–Crippen MR) is 98.3 cm³/mol. The minimum absolute atomic E-state index is 0.0118. The summed E-state index contributed by atoms with van der Waals surface area (Å²) in [5.74, 6) is 0.0230. The van der Waals surface area contributed by atoms with Crippen LogP contribution in [-0.4, -0.2) is 38.5 Å². The van der Waals surface area contributed by atoms with E-state index in [9.17, 15) is 13.2 Å². The summed E-state index contributed by atoms with van der Waals surface area (Å²) in [6, 6.07) is 13.8. The van der Waals surface area contributed by atoms with Gasteiger partial charge >= 0.3 is 0 Å². The van der Waals surface area contributed by atoms with Crippen molar-refractivity contribution in [3.8, 4) is 5.75 Å². The number of hydrogen-bond donors (Lipinski definition) is 1. The predicted octanol–water partition coefficient (Wildman–Crippen LogP) is 2.75. The van der Waals surface area contributed by atoms with Crippen LogP contribution in [-0.2, 0) is 21.4 Å².